The van der Waals surface area contributed by atoms with Crippen LogP contribution in [0.25, 0.3) is 0 Å². The molecule has 5 nitrogen and oxygen atoms in total. The first kappa shape index (κ1) is 12.4. The van der Waals surface area contributed by atoms with Crippen LogP contribution in [0.1, 0.15) is 33.1 Å². The molecule has 0 radical (unpaired) electrons. The second kappa shape index (κ2) is 5.46. The number of carbonyl (C=O) groups is 1. The normalized spacial score (nSPS) is 26.2. The summed E-state index contributed by atoms with van der Waals surface area (Å²) in [7, 11) is 0. The Bertz CT molecular complexity index is 256. The molecular formula is C9H17NO4S. The molecule has 0 aromatic carbocycles. The zero-order valence-electron chi connectivity index (χ0n) is 9.01. The summed E-state index contributed by atoms with van der Waals surface area (Å²) in [5.41, 5.74) is 0. The van der Waals surface area contributed by atoms with Crippen molar-refractivity contribution in [3.05, 3.63) is 0 Å². The van der Waals surface area contributed by atoms with Crippen LogP contribution >= 0.6 is 0 Å². The average molecular weight is 235 g/mol. The minimum Gasteiger partial charge on any atom is -0.464 e. The molecule has 0 aromatic heterocycles. The summed E-state index contributed by atoms with van der Waals surface area (Å²) >= 11 is -1.80. The molecule has 2 atom stereocenters. The molecule has 1 heterocycles. The molecule has 1 fully saturated rings. The molecule has 88 valence electrons. The van der Waals surface area contributed by atoms with Gasteiger partial charge >= 0.3 is 6.09 Å². The molecular weight excluding hydrogens is 218 g/mol. The third-order valence-electron chi connectivity index (χ3n) is 2.36. The predicted octanol–water partition coefficient (Wildman–Crippen LogP) is 1.77. The summed E-state index contributed by atoms with van der Waals surface area (Å²) in [5.74, 6) is 0.607. The van der Waals surface area contributed by atoms with E-state index in [4.69, 9.17) is 9.29 Å². The Balaban J connectivity index is 2.41. The van der Waals surface area contributed by atoms with Gasteiger partial charge in [0.15, 0.2) is 0 Å². The van der Waals surface area contributed by atoms with Crippen LogP contribution in [0.15, 0.2) is 0 Å². The van der Waals surface area contributed by atoms with Crippen molar-refractivity contribution in [3.63, 3.8) is 0 Å². The molecule has 6 heteroatoms. The zero-order chi connectivity index (χ0) is 11.4. The molecule has 1 saturated heterocycles. The number of nitrogens with zero attached hydrogens (tertiary/aromatic N) is 1. The Labute approximate surface area is 92.2 Å². The summed E-state index contributed by atoms with van der Waals surface area (Å²) in [6, 6.07) is -0.248. The largest absolute Gasteiger partial charge is 0.464 e. The highest BCUT2D eigenvalue weighted by molar-refractivity contribution is 7.78. The second-order valence-electron chi connectivity index (χ2n) is 4.09. The lowest BCUT2D eigenvalue weighted by molar-refractivity contribution is 0.163. The molecule has 0 saturated carbocycles. The standard InChI is InChI=1S/C9H17NO4S/c1-7(2)4-3-5-8-6-14-15(13)10(8)9(11)12/h7-8H,3-6H2,1-2H3,(H,11,12)/t8-,15?/m0/s1. The van der Waals surface area contributed by atoms with Crippen molar-refractivity contribution >= 4 is 17.4 Å². The molecule has 15 heavy (non-hydrogen) atoms. The van der Waals surface area contributed by atoms with Crippen LogP contribution in [-0.2, 0) is 15.4 Å². The maximum atomic E-state index is 11.2. The molecule has 1 amide bonds. The lowest BCUT2D eigenvalue weighted by atomic mass is 10.0. The van der Waals surface area contributed by atoms with Gasteiger partial charge < -0.3 is 5.11 Å². The van der Waals surface area contributed by atoms with Crippen molar-refractivity contribution in [2.75, 3.05) is 6.61 Å². The minimum absolute atomic E-state index is 0.247. The number of hydrogen-bond acceptors (Lipinski definition) is 3. The Morgan fingerprint density at radius 2 is 2.33 bits per heavy atom. The number of carboxylic acid groups (broad SMARTS) is 1. The zero-order valence-corrected chi connectivity index (χ0v) is 9.83. The molecule has 1 aliphatic heterocycles. The van der Waals surface area contributed by atoms with Crippen LogP contribution in [0, 0.1) is 5.92 Å². The molecule has 0 bridgehead atoms. The summed E-state index contributed by atoms with van der Waals surface area (Å²) < 4.78 is 16.9. The smallest absolute Gasteiger partial charge is 0.421 e. The Hall–Kier alpha value is -0.620. The highest BCUT2D eigenvalue weighted by atomic mass is 32.2. The first-order valence-electron chi connectivity index (χ1n) is 5.09. The highest BCUT2D eigenvalue weighted by Crippen LogP contribution is 2.20. The van der Waals surface area contributed by atoms with Crippen LogP contribution in [0.3, 0.4) is 0 Å². The van der Waals surface area contributed by atoms with Gasteiger partial charge in [-0.2, -0.15) is 4.31 Å². The van der Waals surface area contributed by atoms with Gasteiger partial charge in [0, 0.05) is 0 Å². The fourth-order valence-corrected chi connectivity index (χ4v) is 2.49. The van der Waals surface area contributed by atoms with E-state index in [2.05, 4.69) is 13.8 Å². The van der Waals surface area contributed by atoms with Crippen molar-refractivity contribution in [1.82, 2.24) is 4.31 Å². The van der Waals surface area contributed by atoms with Gasteiger partial charge in [-0.3, -0.25) is 4.18 Å². The second-order valence-corrected chi connectivity index (χ2v) is 5.15. The molecule has 0 aromatic rings. The average Bonchev–Trinajstić information content (AvgIpc) is 2.46. The van der Waals surface area contributed by atoms with Gasteiger partial charge in [-0.15, -0.1) is 0 Å². The van der Waals surface area contributed by atoms with Crippen LogP contribution < -0.4 is 0 Å². The fourth-order valence-electron chi connectivity index (χ4n) is 1.57. The summed E-state index contributed by atoms with van der Waals surface area (Å²) in [5, 5.41) is 8.82. The van der Waals surface area contributed by atoms with E-state index < -0.39 is 17.4 Å². The van der Waals surface area contributed by atoms with E-state index in [1.54, 1.807) is 0 Å². The van der Waals surface area contributed by atoms with Crippen molar-refractivity contribution < 1.29 is 18.3 Å². The summed E-state index contributed by atoms with van der Waals surface area (Å²) in [6.07, 6.45) is 1.54. The van der Waals surface area contributed by atoms with E-state index in [0.29, 0.717) is 5.92 Å². The van der Waals surface area contributed by atoms with Crippen molar-refractivity contribution in [2.45, 2.75) is 39.2 Å². The van der Waals surface area contributed by atoms with Gasteiger partial charge in [-0.25, -0.2) is 9.00 Å². The summed E-state index contributed by atoms with van der Waals surface area (Å²) in [4.78, 5) is 10.8. The van der Waals surface area contributed by atoms with E-state index in [9.17, 15) is 9.00 Å². The fraction of sp³-hybridized carbons (Fsp3) is 0.889. The van der Waals surface area contributed by atoms with Gasteiger partial charge in [0.1, 0.15) is 0 Å². The third-order valence-corrected chi connectivity index (χ3v) is 3.47. The lowest BCUT2D eigenvalue weighted by Gasteiger charge is -2.16. The molecule has 1 rings (SSSR count). The van der Waals surface area contributed by atoms with Crippen molar-refractivity contribution in [3.8, 4) is 0 Å². The highest BCUT2D eigenvalue weighted by Gasteiger charge is 2.36. The monoisotopic (exact) mass is 235 g/mol. The first-order valence-corrected chi connectivity index (χ1v) is 6.13. The van der Waals surface area contributed by atoms with Crippen molar-refractivity contribution in [2.24, 2.45) is 5.92 Å². The first-order chi connectivity index (χ1) is 7.02. The van der Waals surface area contributed by atoms with Crippen molar-refractivity contribution in [1.29, 1.82) is 0 Å². The van der Waals surface area contributed by atoms with Gasteiger partial charge in [0.2, 0.25) is 0 Å². The van der Waals surface area contributed by atoms with E-state index in [1.165, 1.54) is 0 Å². The molecule has 0 spiro atoms. The number of hydrogen-bond donors (Lipinski definition) is 1. The van der Waals surface area contributed by atoms with E-state index in [1.807, 2.05) is 0 Å². The maximum absolute atomic E-state index is 11.2. The van der Waals surface area contributed by atoms with E-state index in [0.717, 1.165) is 23.6 Å². The van der Waals surface area contributed by atoms with Crippen LogP contribution in [0.5, 0.6) is 0 Å². The molecule has 1 aliphatic rings. The van der Waals surface area contributed by atoms with Gasteiger partial charge in [-0.1, -0.05) is 26.7 Å². The van der Waals surface area contributed by atoms with Crippen LogP contribution in [0.4, 0.5) is 4.79 Å². The predicted molar refractivity (Wildman–Crippen MR) is 56.4 cm³/mol. The van der Waals surface area contributed by atoms with Gasteiger partial charge in [0.05, 0.1) is 12.6 Å². The number of rotatable bonds is 4. The Morgan fingerprint density at radius 3 is 2.87 bits per heavy atom. The third kappa shape index (κ3) is 3.46. The quantitative estimate of drug-likeness (QED) is 0.806. The van der Waals surface area contributed by atoms with E-state index >= 15 is 0 Å². The molecule has 1 unspecified atom stereocenters. The Kier molecular flexibility index (Phi) is 4.53. The minimum atomic E-state index is -1.80. The van der Waals surface area contributed by atoms with Gasteiger partial charge in [-0.05, 0) is 12.3 Å². The topological polar surface area (TPSA) is 66.8 Å². The lowest BCUT2D eigenvalue weighted by Crippen LogP contribution is -2.35. The molecule has 0 aliphatic carbocycles. The van der Waals surface area contributed by atoms with Crippen LogP contribution in [0.2, 0.25) is 0 Å². The van der Waals surface area contributed by atoms with Crippen LogP contribution in [-0.4, -0.2) is 32.4 Å². The maximum Gasteiger partial charge on any atom is 0.421 e. The molecule has 1 N–H and O–H groups in total. The SMILES string of the molecule is CC(C)CCC[C@H]1COS(=O)N1C(=O)O. The number of amides is 1. The van der Waals surface area contributed by atoms with Gasteiger partial charge in [0.25, 0.3) is 11.3 Å². The summed E-state index contributed by atoms with van der Waals surface area (Å²) in [6.45, 7) is 4.49. The van der Waals surface area contributed by atoms with E-state index in [-0.39, 0.29) is 12.6 Å². The Morgan fingerprint density at radius 1 is 1.67 bits per heavy atom.